The maximum Gasteiger partial charge on any atom is 0.279 e. The lowest BCUT2D eigenvalue weighted by molar-refractivity contribution is -0.131. The molecular weight excluding hydrogens is 360 g/mol. The van der Waals surface area contributed by atoms with Crippen LogP contribution in [0.1, 0.15) is 30.4 Å². The van der Waals surface area contributed by atoms with Crippen LogP contribution in [0.25, 0.3) is 0 Å². The van der Waals surface area contributed by atoms with Gasteiger partial charge in [-0.1, -0.05) is 12.1 Å². The summed E-state index contributed by atoms with van der Waals surface area (Å²) in [4.78, 5) is 59.8. The molecule has 1 aromatic carbocycles. The van der Waals surface area contributed by atoms with Gasteiger partial charge in [0.2, 0.25) is 11.8 Å². The van der Waals surface area contributed by atoms with Crippen molar-refractivity contribution in [2.45, 2.75) is 0 Å². The number of para-hydroxylation sites is 1. The third-order valence-corrected chi connectivity index (χ3v) is 4.57. The Labute approximate surface area is 150 Å². The third-order valence-electron chi connectivity index (χ3n) is 3.64. The van der Waals surface area contributed by atoms with Crippen LogP contribution in [0, 0.1) is 5.92 Å². The Bertz CT molecular complexity index is 952. The van der Waals surface area contributed by atoms with E-state index in [1.54, 1.807) is 18.2 Å². The zero-order chi connectivity index (χ0) is 18.8. The molecule has 0 saturated carbocycles. The molecule has 3 rings (SSSR count). The number of Topliss-reactive ketones (excluding diaryl/α,β-unsaturated/α-hetero) is 1. The largest absolute Gasteiger partial charge is 0.366 e. The number of anilines is 1. The van der Waals surface area contributed by atoms with Gasteiger partial charge in [0, 0.05) is 10.9 Å². The molecule has 1 atom stereocenters. The van der Waals surface area contributed by atoms with E-state index in [0.717, 1.165) is 11.3 Å². The van der Waals surface area contributed by atoms with E-state index in [4.69, 9.17) is 5.73 Å². The zero-order valence-corrected chi connectivity index (χ0v) is 13.9. The number of nitrogens with two attached hydrogens (primary N) is 1. The summed E-state index contributed by atoms with van der Waals surface area (Å²) in [6.07, 6.45) is 0. The molecule has 0 aliphatic carbocycles. The molecule has 26 heavy (non-hydrogen) atoms. The van der Waals surface area contributed by atoms with Crippen LogP contribution in [-0.2, 0) is 9.59 Å². The van der Waals surface area contributed by atoms with E-state index < -0.39 is 35.3 Å². The standard InChI is InChI=1S/C16H12N4O5S/c17-13(22)7-5-10(26-6-7)14(23)19-20-16(25)11-12(21)8-3-1-2-4-9(8)18-15(11)24/h1-6,11H,(H2,17,22)(H,18,24)(H,19,23)(H,20,25). The van der Waals surface area contributed by atoms with Gasteiger partial charge in [-0.15, -0.1) is 11.3 Å². The average molecular weight is 372 g/mol. The van der Waals surface area contributed by atoms with Crippen LogP contribution in [0.5, 0.6) is 0 Å². The highest BCUT2D eigenvalue weighted by Gasteiger charge is 2.39. The molecule has 5 N–H and O–H groups in total. The molecule has 9 nitrogen and oxygen atoms in total. The van der Waals surface area contributed by atoms with Crippen molar-refractivity contribution in [2.24, 2.45) is 11.7 Å². The molecule has 0 spiro atoms. The monoisotopic (exact) mass is 372 g/mol. The van der Waals surface area contributed by atoms with Gasteiger partial charge in [0.05, 0.1) is 16.1 Å². The molecule has 0 radical (unpaired) electrons. The normalized spacial score (nSPS) is 15.6. The minimum Gasteiger partial charge on any atom is -0.366 e. The second-order valence-electron chi connectivity index (χ2n) is 5.34. The summed E-state index contributed by atoms with van der Waals surface area (Å²) in [6, 6.07) is 7.57. The van der Waals surface area contributed by atoms with Crippen LogP contribution in [0.2, 0.25) is 0 Å². The number of thiophene rings is 1. The van der Waals surface area contributed by atoms with Gasteiger partial charge in [-0.3, -0.25) is 34.8 Å². The van der Waals surface area contributed by atoms with E-state index >= 15 is 0 Å². The molecule has 132 valence electrons. The van der Waals surface area contributed by atoms with Gasteiger partial charge in [0.1, 0.15) is 0 Å². The van der Waals surface area contributed by atoms with E-state index in [1.807, 2.05) is 0 Å². The lowest BCUT2D eigenvalue weighted by Crippen LogP contribution is -2.51. The summed E-state index contributed by atoms with van der Waals surface area (Å²) in [6.45, 7) is 0. The molecule has 2 heterocycles. The van der Waals surface area contributed by atoms with Crippen LogP contribution >= 0.6 is 11.3 Å². The van der Waals surface area contributed by atoms with Crippen molar-refractivity contribution in [1.82, 2.24) is 10.9 Å². The Hall–Kier alpha value is -3.53. The predicted octanol–water partition coefficient (Wildman–Crippen LogP) is 0.0592. The highest BCUT2D eigenvalue weighted by molar-refractivity contribution is 7.12. The molecule has 4 amide bonds. The number of rotatable bonds is 3. The first-order valence-corrected chi connectivity index (χ1v) is 8.19. The van der Waals surface area contributed by atoms with Gasteiger partial charge < -0.3 is 11.1 Å². The van der Waals surface area contributed by atoms with Crippen LogP contribution in [0.3, 0.4) is 0 Å². The van der Waals surface area contributed by atoms with E-state index in [9.17, 15) is 24.0 Å². The average Bonchev–Trinajstić information content (AvgIpc) is 3.10. The number of ketones is 1. The minimum absolute atomic E-state index is 0.129. The molecule has 1 aliphatic rings. The fraction of sp³-hybridized carbons (Fsp3) is 0.0625. The summed E-state index contributed by atoms with van der Waals surface area (Å²) < 4.78 is 0. The molecule has 0 bridgehead atoms. The van der Waals surface area contributed by atoms with Gasteiger partial charge >= 0.3 is 0 Å². The van der Waals surface area contributed by atoms with Crippen molar-refractivity contribution in [3.8, 4) is 0 Å². The van der Waals surface area contributed by atoms with Crippen molar-refractivity contribution < 1.29 is 24.0 Å². The number of carbonyl (C=O) groups excluding carboxylic acids is 5. The SMILES string of the molecule is NC(=O)c1csc(C(=O)NNC(=O)C2C(=O)Nc3ccccc3C2=O)c1. The first-order valence-electron chi connectivity index (χ1n) is 7.31. The van der Waals surface area contributed by atoms with Crippen molar-refractivity contribution >= 4 is 46.4 Å². The number of carbonyl (C=O) groups is 5. The molecule has 1 unspecified atom stereocenters. The smallest absolute Gasteiger partial charge is 0.279 e. The fourth-order valence-corrected chi connectivity index (χ4v) is 3.15. The predicted molar refractivity (Wildman–Crippen MR) is 91.3 cm³/mol. The van der Waals surface area contributed by atoms with E-state index in [0.29, 0.717) is 5.69 Å². The summed E-state index contributed by atoms with van der Waals surface area (Å²) in [5.74, 6) is -5.43. The van der Waals surface area contributed by atoms with Crippen molar-refractivity contribution in [1.29, 1.82) is 0 Å². The molecule has 1 aliphatic heterocycles. The van der Waals surface area contributed by atoms with Crippen LogP contribution in [-0.4, -0.2) is 29.4 Å². The Morgan fingerprint density at radius 2 is 1.85 bits per heavy atom. The van der Waals surface area contributed by atoms with Gasteiger partial charge in [-0.25, -0.2) is 0 Å². The summed E-state index contributed by atoms with van der Waals surface area (Å²) >= 11 is 0.955. The van der Waals surface area contributed by atoms with Gasteiger partial charge in [-0.2, -0.15) is 0 Å². The first kappa shape index (κ1) is 17.3. The second kappa shape index (κ2) is 6.76. The van der Waals surface area contributed by atoms with Gasteiger partial charge in [0.15, 0.2) is 11.7 Å². The maximum absolute atomic E-state index is 12.4. The number of hydrazine groups is 1. The molecule has 0 saturated heterocycles. The van der Waals surface area contributed by atoms with Crippen LogP contribution in [0.4, 0.5) is 5.69 Å². The quantitative estimate of drug-likeness (QED) is 0.444. The van der Waals surface area contributed by atoms with Crippen LogP contribution in [0.15, 0.2) is 35.7 Å². The third kappa shape index (κ3) is 3.17. The van der Waals surface area contributed by atoms with Crippen molar-refractivity contribution in [2.75, 3.05) is 5.32 Å². The summed E-state index contributed by atoms with van der Waals surface area (Å²) in [5, 5.41) is 3.87. The summed E-state index contributed by atoms with van der Waals surface area (Å²) in [7, 11) is 0. The van der Waals surface area contributed by atoms with Crippen molar-refractivity contribution in [3.05, 3.63) is 51.7 Å². The topological polar surface area (TPSA) is 147 Å². The molecule has 10 heteroatoms. The molecule has 1 aromatic heterocycles. The van der Waals surface area contributed by atoms with E-state index in [2.05, 4.69) is 16.2 Å². The highest BCUT2D eigenvalue weighted by Crippen LogP contribution is 2.25. The Kier molecular flexibility index (Phi) is 4.50. The maximum atomic E-state index is 12.4. The van der Waals surface area contributed by atoms with Gasteiger partial charge in [-0.05, 0) is 18.2 Å². The van der Waals surface area contributed by atoms with Crippen LogP contribution < -0.4 is 21.9 Å². The van der Waals surface area contributed by atoms with Crippen molar-refractivity contribution in [3.63, 3.8) is 0 Å². The molecular formula is C16H12N4O5S. The zero-order valence-electron chi connectivity index (χ0n) is 13.1. The summed E-state index contributed by atoms with van der Waals surface area (Å²) in [5.41, 5.74) is 9.95. The first-order chi connectivity index (χ1) is 12.4. The fourth-order valence-electron chi connectivity index (χ4n) is 2.36. The number of benzene rings is 1. The number of amides is 4. The Morgan fingerprint density at radius 3 is 2.54 bits per heavy atom. The molecule has 0 fully saturated rings. The Balaban J connectivity index is 1.68. The molecule has 2 aromatic rings. The van der Waals surface area contributed by atoms with E-state index in [-0.39, 0.29) is 16.0 Å². The number of nitrogens with one attached hydrogen (secondary N) is 3. The number of hydrogen-bond donors (Lipinski definition) is 4. The lowest BCUT2D eigenvalue weighted by Gasteiger charge is -2.22. The Morgan fingerprint density at radius 1 is 1.12 bits per heavy atom. The number of fused-ring (bicyclic) bond motifs is 1. The second-order valence-corrected chi connectivity index (χ2v) is 6.25. The van der Waals surface area contributed by atoms with Gasteiger partial charge in [0.25, 0.3) is 11.8 Å². The van der Waals surface area contributed by atoms with E-state index in [1.165, 1.54) is 17.5 Å². The highest BCUT2D eigenvalue weighted by atomic mass is 32.1. The number of hydrogen-bond acceptors (Lipinski definition) is 6. The minimum atomic E-state index is -1.62. The number of primary amides is 1. The lowest BCUT2D eigenvalue weighted by atomic mass is 9.91.